The number of fused-ring (bicyclic) bond motifs is 1. The van der Waals surface area contributed by atoms with Crippen molar-refractivity contribution in [1.29, 1.82) is 0 Å². The minimum Gasteiger partial charge on any atom is -0.623 e. The summed E-state index contributed by atoms with van der Waals surface area (Å²) in [6, 6.07) is 10.8. The first-order valence-corrected chi connectivity index (χ1v) is 10.3. The van der Waals surface area contributed by atoms with Crippen LogP contribution in [0, 0.1) is 11.0 Å². The number of hydroxylamine groups is 1. The molecule has 0 unspecified atom stereocenters. The molecule has 1 heterocycles. The van der Waals surface area contributed by atoms with Gasteiger partial charge < -0.3 is 5.21 Å². The van der Waals surface area contributed by atoms with Crippen molar-refractivity contribution in [2.24, 2.45) is 9.98 Å². The number of aliphatic imine (C=N–C) groups is 2. The summed E-state index contributed by atoms with van der Waals surface area (Å²) in [6.45, 7) is -0.231. The van der Waals surface area contributed by atoms with Crippen LogP contribution in [0.2, 0.25) is 5.02 Å². The maximum absolute atomic E-state index is 14.5. The molecule has 0 bridgehead atoms. The van der Waals surface area contributed by atoms with E-state index >= 15 is 0 Å². The molecular formula is C19H18ClFN4O3S. The van der Waals surface area contributed by atoms with Crippen LogP contribution >= 0.6 is 11.6 Å². The molecule has 0 saturated heterocycles. The number of hydrogen-bond acceptors (Lipinski definition) is 5. The minimum atomic E-state index is -4.09. The van der Waals surface area contributed by atoms with E-state index in [1.807, 2.05) is 0 Å². The second-order valence-electron chi connectivity index (χ2n) is 6.45. The molecule has 1 aliphatic rings. The van der Waals surface area contributed by atoms with Gasteiger partial charge in [-0.25, -0.2) is 17.8 Å². The summed E-state index contributed by atoms with van der Waals surface area (Å²) in [5, 5.41) is 12.0. The van der Waals surface area contributed by atoms with Gasteiger partial charge in [-0.15, -0.1) is 0 Å². The van der Waals surface area contributed by atoms with Crippen molar-refractivity contribution < 1.29 is 17.5 Å². The van der Waals surface area contributed by atoms with Gasteiger partial charge in [-0.2, -0.15) is 9.04 Å². The van der Waals surface area contributed by atoms with E-state index in [1.165, 1.54) is 20.2 Å². The molecule has 0 atom stereocenters. The molecule has 2 aromatic rings. The van der Waals surface area contributed by atoms with Crippen LogP contribution in [0.25, 0.3) is 0 Å². The predicted octanol–water partition coefficient (Wildman–Crippen LogP) is 2.83. The van der Waals surface area contributed by atoms with E-state index in [-0.39, 0.29) is 28.3 Å². The third-order valence-electron chi connectivity index (χ3n) is 4.24. The molecule has 0 N–H and O–H groups in total. The van der Waals surface area contributed by atoms with Gasteiger partial charge in [0.05, 0.1) is 17.9 Å². The molecule has 2 aromatic carbocycles. The van der Waals surface area contributed by atoms with E-state index in [1.54, 1.807) is 36.4 Å². The fraction of sp³-hybridized carbons (Fsp3) is 0.211. The van der Waals surface area contributed by atoms with E-state index in [2.05, 4.69) is 9.98 Å². The molecule has 0 aromatic heterocycles. The van der Waals surface area contributed by atoms with Crippen LogP contribution in [0.5, 0.6) is 0 Å². The summed E-state index contributed by atoms with van der Waals surface area (Å²) in [5.41, 5.74) is 1.21. The summed E-state index contributed by atoms with van der Waals surface area (Å²) in [7, 11) is -0.380. The monoisotopic (exact) mass is 436 g/mol. The number of halogens is 2. The zero-order valence-electron chi connectivity index (χ0n) is 15.9. The maximum atomic E-state index is 14.5. The lowest BCUT2D eigenvalue weighted by Gasteiger charge is -2.13. The third-order valence-corrected chi connectivity index (χ3v) is 6.42. The maximum Gasteiger partial charge on any atom is 0.341 e. The van der Waals surface area contributed by atoms with Crippen molar-refractivity contribution in [3.8, 4) is 0 Å². The molecule has 0 fully saturated rings. The first-order valence-electron chi connectivity index (χ1n) is 8.50. The van der Waals surface area contributed by atoms with Crippen LogP contribution in [-0.2, 0) is 10.0 Å². The van der Waals surface area contributed by atoms with Gasteiger partial charge in [0.15, 0.2) is 0 Å². The average molecular weight is 437 g/mol. The second-order valence-corrected chi connectivity index (χ2v) is 8.96. The van der Waals surface area contributed by atoms with E-state index in [4.69, 9.17) is 11.6 Å². The quantitative estimate of drug-likeness (QED) is 0.243. The van der Waals surface area contributed by atoms with Crippen molar-refractivity contribution in [2.75, 3.05) is 27.7 Å². The van der Waals surface area contributed by atoms with Crippen molar-refractivity contribution in [2.45, 2.75) is 0 Å². The van der Waals surface area contributed by atoms with Gasteiger partial charge >= 0.3 is 15.1 Å². The minimum absolute atomic E-state index is 0.0499. The van der Waals surface area contributed by atoms with Gasteiger partial charge in [-0.3, -0.25) is 4.99 Å². The number of hydrogen-bond donors (Lipinski definition) is 0. The van der Waals surface area contributed by atoms with Crippen LogP contribution in [-0.4, -0.2) is 61.6 Å². The molecule has 7 nitrogen and oxygen atoms in total. The number of rotatable bonds is 3. The Morgan fingerprint density at radius 2 is 1.90 bits per heavy atom. The average Bonchev–Trinajstić information content (AvgIpc) is 2.81. The number of benzene rings is 2. The fourth-order valence-electron chi connectivity index (χ4n) is 2.88. The highest BCUT2D eigenvalue weighted by Gasteiger charge is 2.35. The molecule has 29 heavy (non-hydrogen) atoms. The first-order chi connectivity index (χ1) is 13.6. The largest absolute Gasteiger partial charge is 0.623 e. The molecule has 0 amide bonds. The van der Waals surface area contributed by atoms with Crippen molar-refractivity contribution in [1.82, 2.24) is 4.31 Å². The number of nitrogens with zero attached hydrogens (tertiary/aromatic N) is 4. The lowest BCUT2D eigenvalue weighted by atomic mass is 10.0. The molecule has 1 aliphatic heterocycles. The Morgan fingerprint density at radius 1 is 1.21 bits per heavy atom. The Labute approximate surface area is 173 Å². The summed E-state index contributed by atoms with van der Waals surface area (Å²) < 4.78 is 41.0. The van der Waals surface area contributed by atoms with Crippen molar-refractivity contribution in [3.05, 3.63) is 69.6 Å². The Hall–Kier alpha value is -2.62. The molecule has 10 heteroatoms. The van der Waals surface area contributed by atoms with Crippen molar-refractivity contribution >= 4 is 43.8 Å². The molecule has 3 rings (SSSR count). The van der Waals surface area contributed by atoms with Crippen LogP contribution < -0.4 is 0 Å². The van der Waals surface area contributed by atoms with Gasteiger partial charge in [-0.1, -0.05) is 23.7 Å². The third kappa shape index (κ3) is 4.07. The Balaban J connectivity index is 2.27. The topological polar surface area (TPSA) is 88.2 Å². The Kier molecular flexibility index (Phi) is 5.83. The highest BCUT2D eigenvalue weighted by Crippen LogP contribution is 2.29. The molecule has 0 radical (unpaired) electrons. The van der Waals surface area contributed by atoms with E-state index in [0.717, 1.165) is 11.4 Å². The molecule has 152 valence electrons. The smallest absolute Gasteiger partial charge is 0.341 e. The van der Waals surface area contributed by atoms with E-state index < -0.39 is 20.9 Å². The summed E-state index contributed by atoms with van der Waals surface area (Å²) in [5.74, 6) is -0.494. The SMILES string of the molecule is CN(C)S(=O)(=O)/C(C1=Nc2ccc(Cl)cc2C(c2ccccc2F)=NC1)=[N+](\C)[O-]. The van der Waals surface area contributed by atoms with Crippen LogP contribution in [0.3, 0.4) is 0 Å². The predicted molar refractivity (Wildman–Crippen MR) is 113 cm³/mol. The van der Waals surface area contributed by atoms with Crippen LogP contribution in [0.4, 0.5) is 10.1 Å². The summed E-state index contributed by atoms with van der Waals surface area (Å²) in [4.78, 5) is 8.80. The van der Waals surface area contributed by atoms with E-state index in [0.29, 0.717) is 16.3 Å². The first kappa shape index (κ1) is 21.1. The highest BCUT2D eigenvalue weighted by molar-refractivity contribution is 8.06. The van der Waals surface area contributed by atoms with Gasteiger partial charge in [-0.05, 0) is 30.3 Å². The van der Waals surface area contributed by atoms with Crippen molar-refractivity contribution in [3.63, 3.8) is 0 Å². The molecule has 0 aliphatic carbocycles. The van der Waals surface area contributed by atoms with E-state index in [9.17, 15) is 18.0 Å². The van der Waals surface area contributed by atoms with Gasteiger partial charge in [0.2, 0.25) is 0 Å². The van der Waals surface area contributed by atoms with Gasteiger partial charge in [0.1, 0.15) is 18.6 Å². The summed E-state index contributed by atoms with van der Waals surface area (Å²) >= 11 is 6.12. The lowest BCUT2D eigenvalue weighted by Crippen LogP contribution is -2.40. The van der Waals surface area contributed by atoms with Gasteiger partial charge in [0.25, 0.3) is 0 Å². The second kappa shape index (κ2) is 8.02. The molecule has 0 saturated carbocycles. The highest BCUT2D eigenvalue weighted by atomic mass is 35.5. The Morgan fingerprint density at radius 3 is 2.52 bits per heavy atom. The van der Waals surface area contributed by atoms with Crippen LogP contribution in [0.1, 0.15) is 11.1 Å². The molecule has 0 spiro atoms. The zero-order chi connectivity index (χ0) is 21.3. The summed E-state index contributed by atoms with van der Waals surface area (Å²) in [6.07, 6.45) is 0. The normalized spacial score (nSPS) is 15.2. The van der Waals surface area contributed by atoms with Gasteiger partial charge in [0, 0.05) is 30.2 Å². The molecular weight excluding hydrogens is 419 g/mol. The fourth-order valence-corrected chi connectivity index (χ4v) is 4.13. The van der Waals surface area contributed by atoms with Crippen LogP contribution in [0.15, 0.2) is 52.4 Å². The lowest BCUT2D eigenvalue weighted by molar-refractivity contribution is -0.418. The number of sulfonamides is 1. The Bertz CT molecular complexity index is 1170. The zero-order valence-corrected chi connectivity index (χ0v) is 17.5. The standard InChI is InChI=1S/C19H18ClFN4O3S/c1-24(2)29(27,28)19(25(3)26)17-11-22-18(13-6-4-5-7-15(13)21)14-10-12(20)8-9-16(14)23-17/h4-10H,11H2,1-3H3/b25-19+.